The van der Waals surface area contributed by atoms with Crippen LogP contribution in [0.25, 0.3) is 11.0 Å². The Bertz CT molecular complexity index is 847. The summed E-state index contributed by atoms with van der Waals surface area (Å²) in [6, 6.07) is 9.07. The molecule has 1 aromatic carbocycles. The Labute approximate surface area is 132 Å². The van der Waals surface area contributed by atoms with Gasteiger partial charge < -0.3 is 9.64 Å². The summed E-state index contributed by atoms with van der Waals surface area (Å²) in [7, 11) is 0. The number of carbonyl (C=O) groups excluding carboxylic acids is 1. The normalized spacial score (nSPS) is 14.5. The fourth-order valence-electron chi connectivity index (χ4n) is 2.57. The van der Waals surface area contributed by atoms with Crippen LogP contribution in [0.2, 0.25) is 0 Å². The number of hydrogen-bond acceptors (Lipinski definition) is 5. The molecule has 0 aliphatic carbocycles. The van der Waals surface area contributed by atoms with Crippen LogP contribution in [0.3, 0.4) is 0 Å². The lowest BCUT2D eigenvalue weighted by Gasteiger charge is -2.38. The molecule has 1 aliphatic rings. The minimum atomic E-state index is -0.0106. The molecule has 6 nitrogen and oxygen atoms in total. The number of amides is 1. The molecule has 114 valence electrons. The number of carbonyl (C=O) groups is 1. The first-order valence-corrected chi connectivity index (χ1v) is 7.36. The Hall–Kier alpha value is -3.02. The van der Waals surface area contributed by atoms with Crippen molar-refractivity contribution >= 4 is 16.9 Å². The third-order valence-electron chi connectivity index (χ3n) is 3.79. The second kappa shape index (κ2) is 5.64. The van der Waals surface area contributed by atoms with Crippen molar-refractivity contribution in [3.8, 4) is 5.75 Å². The van der Waals surface area contributed by atoms with Gasteiger partial charge >= 0.3 is 0 Å². The van der Waals surface area contributed by atoms with Crippen LogP contribution in [0, 0.1) is 0 Å². The molecule has 0 spiro atoms. The lowest BCUT2D eigenvalue weighted by Crippen LogP contribution is -2.56. The molecule has 0 N–H and O–H groups in total. The van der Waals surface area contributed by atoms with E-state index in [0.29, 0.717) is 18.7 Å². The summed E-state index contributed by atoms with van der Waals surface area (Å²) in [5.41, 5.74) is 2.13. The van der Waals surface area contributed by atoms with E-state index in [4.69, 9.17) is 4.74 Å². The molecule has 0 saturated carbocycles. The Kier molecular flexibility index (Phi) is 3.34. The molecule has 6 heteroatoms. The van der Waals surface area contributed by atoms with Gasteiger partial charge in [-0.15, -0.1) is 0 Å². The van der Waals surface area contributed by atoms with E-state index in [-0.39, 0.29) is 12.0 Å². The topological polar surface area (TPSA) is 68.2 Å². The van der Waals surface area contributed by atoms with Crippen LogP contribution < -0.4 is 4.74 Å². The lowest BCUT2D eigenvalue weighted by molar-refractivity contribution is 0.0177. The van der Waals surface area contributed by atoms with Gasteiger partial charge in [-0.25, -0.2) is 0 Å². The number of rotatable bonds is 3. The number of likely N-dealkylation sites (tertiary alicyclic amines) is 1. The third-order valence-corrected chi connectivity index (χ3v) is 3.79. The molecule has 0 unspecified atom stereocenters. The predicted octanol–water partition coefficient (Wildman–Crippen LogP) is 1.93. The van der Waals surface area contributed by atoms with E-state index in [9.17, 15) is 4.79 Å². The highest BCUT2D eigenvalue weighted by atomic mass is 16.5. The van der Waals surface area contributed by atoms with Crippen molar-refractivity contribution in [2.75, 3.05) is 13.1 Å². The average Bonchev–Trinajstić information content (AvgIpc) is 2.57. The van der Waals surface area contributed by atoms with Crippen LogP contribution in [-0.4, -0.2) is 45.0 Å². The van der Waals surface area contributed by atoms with Crippen molar-refractivity contribution < 1.29 is 9.53 Å². The zero-order valence-corrected chi connectivity index (χ0v) is 12.3. The zero-order chi connectivity index (χ0) is 15.6. The van der Waals surface area contributed by atoms with Crippen LogP contribution in [0.5, 0.6) is 5.75 Å². The van der Waals surface area contributed by atoms with Gasteiger partial charge in [0.25, 0.3) is 5.91 Å². The summed E-state index contributed by atoms with van der Waals surface area (Å²) < 4.78 is 5.76. The monoisotopic (exact) mass is 306 g/mol. The van der Waals surface area contributed by atoms with Crippen LogP contribution in [0.1, 0.15) is 10.4 Å². The number of aromatic nitrogens is 3. The SMILES string of the molecule is O=C(c1ccc2nccnc2c1)N1CC(Oc2cccnc2)C1. The molecule has 1 aliphatic heterocycles. The second-order valence-electron chi connectivity index (χ2n) is 5.40. The van der Waals surface area contributed by atoms with Crippen molar-refractivity contribution in [3.63, 3.8) is 0 Å². The molecule has 1 fully saturated rings. The van der Waals surface area contributed by atoms with Crippen molar-refractivity contribution in [1.82, 2.24) is 19.9 Å². The molecule has 3 aromatic rings. The van der Waals surface area contributed by atoms with Gasteiger partial charge in [-0.05, 0) is 30.3 Å². The molecule has 0 atom stereocenters. The highest BCUT2D eigenvalue weighted by Gasteiger charge is 2.32. The minimum absolute atomic E-state index is 0.0106. The van der Waals surface area contributed by atoms with Crippen LogP contribution in [0.15, 0.2) is 55.1 Å². The van der Waals surface area contributed by atoms with E-state index in [1.165, 1.54) is 0 Å². The van der Waals surface area contributed by atoms with Crippen molar-refractivity contribution in [1.29, 1.82) is 0 Å². The van der Waals surface area contributed by atoms with Crippen molar-refractivity contribution in [2.45, 2.75) is 6.10 Å². The summed E-state index contributed by atoms with van der Waals surface area (Å²) in [5.74, 6) is 0.717. The number of ether oxygens (including phenoxy) is 1. The third kappa shape index (κ3) is 2.70. The van der Waals surface area contributed by atoms with Gasteiger partial charge in [-0.2, -0.15) is 0 Å². The van der Waals surface area contributed by atoms with Gasteiger partial charge in [-0.3, -0.25) is 19.7 Å². The first-order chi connectivity index (χ1) is 11.3. The number of nitrogens with zero attached hydrogens (tertiary/aromatic N) is 4. The summed E-state index contributed by atoms with van der Waals surface area (Å²) in [4.78, 5) is 26.7. The second-order valence-corrected chi connectivity index (χ2v) is 5.40. The number of hydrogen-bond donors (Lipinski definition) is 0. The Morgan fingerprint density at radius 1 is 1.09 bits per heavy atom. The molecule has 2 aromatic heterocycles. The number of pyridine rings is 1. The maximum absolute atomic E-state index is 12.5. The van der Waals surface area contributed by atoms with Crippen molar-refractivity contribution in [2.24, 2.45) is 0 Å². The smallest absolute Gasteiger partial charge is 0.254 e. The maximum atomic E-state index is 12.5. The molecule has 4 rings (SSSR count). The van der Waals surface area contributed by atoms with Gasteiger partial charge in [0.2, 0.25) is 0 Å². The maximum Gasteiger partial charge on any atom is 0.254 e. The van der Waals surface area contributed by atoms with E-state index in [2.05, 4.69) is 15.0 Å². The van der Waals surface area contributed by atoms with E-state index in [1.807, 2.05) is 18.2 Å². The van der Waals surface area contributed by atoms with E-state index >= 15 is 0 Å². The lowest BCUT2D eigenvalue weighted by atomic mass is 10.1. The van der Waals surface area contributed by atoms with Crippen LogP contribution in [0.4, 0.5) is 0 Å². The largest absolute Gasteiger partial charge is 0.485 e. The quantitative estimate of drug-likeness (QED) is 0.739. The number of benzene rings is 1. The van der Waals surface area contributed by atoms with Gasteiger partial charge in [0, 0.05) is 24.2 Å². The molecular formula is C17H14N4O2. The number of fused-ring (bicyclic) bond motifs is 1. The highest BCUT2D eigenvalue weighted by molar-refractivity contribution is 5.97. The fourth-order valence-corrected chi connectivity index (χ4v) is 2.57. The van der Waals surface area contributed by atoms with Crippen LogP contribution >= 0.6 is 0 Å². The highest BCUT2D eigenvalue weighted by Crippen LogP contribution is 2.20. The summed E-state index contributed by atoms with van der Waals surface area (Å²) in [6.45, 7) is 1.15. The van der Waals surface area contributed by atoms with E-state index < -0.39 is 0 Å². The molecular weight excluding hydrogens is 292 g/mol. The summed E-state index contributed by atoms with van der Waals surface area (Å²) in [5, 5.41) is 0. The zero-order valence-electron chi connectivity index (χ0n) is 12.3. The fraction of sp³-hybridized carbons (Fsp3) is 0.176. The molecule has 0 radical (unpaired) electrons. The summed E-state index contributed by atoms with van der Waals surface area (Å²) >= 11 is 0. The van der Waals surface area contributed by atoms with Gasteiger partial charge in [0.1, 0.15) is 11.9 Å². The molecule has 23 heavy (non-hydrogen) atoms. The molecule has 3 heterocycles. The first kappa shape index (κ1) is 13.6. The van der Waals surface area contributed by atoms with Crippen molar-refractivity contribution in [3.05, 3.63) is 60.7 Å². The Morgan fingerprint density at radius 3 is 2.70 bits per heavy atom. The predicted molar refractivity (Wildman–Crippen MR) is 84.1 cm³/mol. The first-order valence-electron chi connectivity index (χ1n) is 7.36. The van der Waals surface area contributed by atoms with Gasteiger partial charge in [0.15, 0.2) is 0 Å². The molecule has 0 bridgehead atoms. The molecule has 1 amide bonds. The van der Waals surface area contributed by atoms with E-state index in [0.717, 1.165) is 16.8 Å². The van der Waals surface area contributed by atoms with E-state index in [1.54, 1.807) is 41.8 Å². The van der Waals surface area contributed by atoms with Gasteiger partial charge in [-0.1, -0.05) is 0 Å². The Balaban J connectivity index is 1.42. The Morgan fingerprint density at radius 2 is 1.91 bits per heavy atom. The summed E-state index contributed by atoms with van der Waals surface area (Å²) in [6.07, 6.45) is 6.65. The average molecular weight is 306 g/mol. The van der Waals surface area contributed by atoms with Gasteiger partial charge in [0.05, 0.1) is 30.3 Å². The molecule has 1 saturated heterocycles. The van der Waals surface area contributed by atoms with Crippen LogP contribution in [-0.2, 0) is 0 Å². The standard InChI is InChI=1S/C17H14N4O2/c22-17(12-3-4-15-16(8-12)20-7-6-19-15)21-10-14(11-21)23-13-2-1-5-18-9-13/h1-9,14H,10-11H2. The minimum Gasteiger partial charge on any atom is -0.485 e.